The van der Waals surface area contributed by atoms with Crippen molar-refractivity contribution in [1.29, 1.82) is 0 Å². The molecule has 0 aliphatic carbocycles. The SMILES string of the molecule is OC[C@@H](OCCCc1ccccc1)c1ccccc1. The van der Waals surface area contributed by atoms with Crippen LogP contribution in [0.5, 0.6) is 0 Å². The summed E-state index contributed by atoms with van der Waals surface area (Å²) in [6.07, 6.45) is 1.76. The van der Waals surface area contributed by atoms with Crippen molar-refractivity contribution < 1.29 is 9.84 Å². The van der Waals surface area contributed by atoms with Gasteiger partial charge in [0.25, 0.3) is 0 Å². The van der Waals surface area contributed by atoms with Gasteiger partial charge in [0.15, 0.2) is 0 Å². The highest BCUT2D eigenvalue weighted by molar-refractivity contribution is 5.17. The largest absolute Gasteiger partial charge is 0.393 e. The Balaban J connectivity index is 1.75. The highest BCUT2D eigenvalue weighted by Crippen LogP contribution is 2.16. The number of hydrogen-bond acceptors (Lipinski definition) is 2. The number of aryl methyl sites for hydroxylation is 1. The van der Waals surface area contributed by atoms with E-state index in [1.807, 2.05) is 36.4 Å². The van der Waals surface area contributed by atoms with Crippen molar-refractivity contribution in [2.75, 3.05) is 13.2 Å². The van der Waals surface area contributed by atoms with E-state index >= 15 is 0 Å². The van der Waals surface area contributed by atoms with E-state index in [2.05, 4.69) is 24.3 Å². The van der Waals surface area contributed by atoms with Crippen molar-refractivity contribution in [2.45, 2.75) is 18.9 Å². The van der Waals surface area contributed by atoms with Crippen LogP contribution in [0.15, 0.2) is 60.7 Å². The molecule has 0 aliphatic rings. The summed E-state index contributed by atoms with van der Waals surface area (Å²) >= 11 is 0. The Bertz CT molecular complexity index is 453. The molecule has 1 N–H and O–H groups in total. The maximum Gasteiger partial charge on any atom is 0.105 e. The van der Waals surface area contributed by atoms with Crippen molar-refractivity contribution in [3.8, 4) is 0 Å². The number of aliphatic hydroxyl groups is 1. The second-order valence-electron chi connectivity index (χ2n) is 4.54. The molecule has 19 heavy (non-hydrogen) atoms. The molecule has 1 atom stereocenters. The van der Waals surface area contributed by atoms with Gasteiger partial charge in [-0.1, -0.05) is 60.7 Å². The molecule has 0 heterocycles. The minimum atomic E-state index is -0.211. The predicted octanol–water partition coefficient (Wildman–Crippen LogP) is 3.37. The second-order valence-corrected chi connectivity index (χ2v) is 4.54. The third kappa shape index (κ3) is 4.51. The van der Waals surface area contributed by atoms with Crippen LogP contribution >= 0.6 is 0 Å². The Morgan fingerprint density at radius 1 is 0.895 bits per heavy atom. The average molecular weight is 256 g/mol. The van der Waals surface area contributed by atoms with E-state index in [9.17, 15) is 5.11 Å². The fraction of sp³-hybridized carbons (Fsp3) is 0.294. The minimum absolute atomic E-state index is 0.0232. The Labute approximate surface area is 114 Å². The number of aliphatic hydroxyl groups excluding tert-OH is 1. The van der Waals surface area contributed by atoms with E-state index in [1.54, 1.807) is 0 Å². The van der Waals surface area contributed by atoms with Crippen LogP contribution < -0.4 is 0 Å². The van der Waals surface area contributed by atoms with Crippen molar-refractivity contribution in [3.05, 3.63) is 71.8 Å². The van der Waals surface area contributed by atoms with Gasteiger partial charge in [-0.25, -0.2) is 0 Å². The lowest BCUT2D eigenvalue weighted by molar-refractivity contribution is 0.0107. The molecule has 0 radical (unpaired) electrons. The zero-order valence-corrected chi connectivity index (χ0v) is 11.0. The minimum Gasteiger partial charge on any atom is -0.393 e. The molecule has 0 aliphatic heterocycles. The summed E-state index contributed by atoms with van der Waals surface area (Å²) in [6, 6.07) is 20.2. The normalized spacial score (nSPS) is 12.3. The fourth-order valence-corrected chi connectivity index (χ4v) is 2.07. The molecular weight excluding hydrogens is 236 g/mol. The van der Waals surface area contributed by atoms with Gasteiger partial charge in [0.05, 0.1) is 6.61 Å². The number of ether oxygens (including phenoxy) is 1. The van der Waals surface area contributed by atoms with Crippen LogP contribution in [0.4, 0.5) is 0 Å². The Hall–Kier alpha value is -1.64. The lowest BCUT2D eigenvalue weighted by Gasteiger charge is -2.15. The molecule has 0 saturated carbocycles. The second kappa shape index (κ2) is 7.72. The Morgan fingerprint density at radius 3 is 2.16 bits per heavy atom. The summed E-state index contributed by atoms with van der Waals surface area (Å²) in [6.45, 7) is 0.685. The lowest BCUT2D eigenvalue weighted by Crippen LogP contribution is -2.10. The number of rotatable bonds is 7. The monoisotopic (exact) mass is 256 g/mol. The third-order valence-corrected chi connectivity index (χ3v) is 3.11. The van der Waals surface area contributed by atoms with Gasteiger partial charge in [0, 0.05) is 6.61 Å². The summed E-state index contributed by atoms with van der Waals surface area (Å²) < 4.78 is 5.75. The first-order valence-electron chi connectivity index (χ1n) is 6.71. The Kier molecular flexibility index (Phi) is 5.60. The molecular formula is C17H20O2. The van der Waals surface area contributed by atoms with Crippen LogP contribution in [-0.2, 0) is 11.2 Å². The summed E-state index contributed by atoms with van der Waals surface area (Å²) in [5, 5.41) is 9.37. The molecule has 2 aromatic carbocycles. The third-order valence-electron chi connectivity index (χ3n) is 3.11. The zero-order valence-electron chi connectivity index (χ0n) is 11.0. The first kappa shape index (κ1) is 13.8. The van der Waals surface area contributed by atoms with Gasteiger partial charge < -0.3 is 9.84 Å². The number of benzene rings is 2. The molecule has 0 unspecified atom stereocenters. The van der Waals surface area contributed by atoms with E-state index in [0.29, 0.717) is 6.61 Å². The van der Waals surface area contributed by atoms with E-state index in [0.717, 1.165) is 18.4 Å². The summed E-state index contributed by atoms with van der Waals surface area (Å²) in [5.74, 6) is 0. The molecule has 2 aromatic rings. The van der Waals surface area contributed by atoms with Gasteiger partial charge in [0.1, 0.15) is 6.10 Å². The van der Waals surface area contributed by atoms with Crippen molar-refractivity contribution in [2.24, 2.45) is 0 Å². The molecule has 0 bridgehead atoms. The molecule has 2 nitrogen and oxygen atoms in total. The van der Waals surface area contributed by atoms with E-state index < -0.39 is 0 Å². The Morgan fingerprint density at radius 2 is 1.53 bits per heavy atom. The summed E-state index contributed by atoms with van der Waals surface area (Å²) in [5.41, 5.74) is 2.36. The molecule has 0 aromatic heterocycles. The van der Waals surface area contributed by atoms with Crippen molar-refractivity contribution in [3.63, 3.8) is 0 Å². The van der Waals surface area contributed by atoms with Crippen molar-refractivity contribution in [1.82, 2.24) is 0 Å². The smallest absolute Gasteiger partial charge is 0.105 e. The van der Waals surface area contributed by atoms with Crippen LogP contribution in [0, 0.1) is 0 Å². The molecule has 0 saturated heterocycles. The standard InChI is InChI=1S/C17H20O2/c18-14-17(16-11-5-2-6-12-16)19-13-7-10-15-8-3-1-4-9-15/h1-6,8-9,11-12,17-18H,7,10,13-14H2/t17-/m1/s1. The quantitative estimate of drug-likeness (QED) is 0.770. The maximum absolute atomic E-state index is 9.37. The summed E-state index contributed by atoms with van der Waals surface area (Å²) in [7, 11) is 0. The zero-order chi connectivity index (χ0) is 13.3. The summed E-state index contributed by atoms with van der Waals surface area (Å²) in [4.78, 5) is 0. The van der Waals surface area contributed by atoms with Crippen LogP contribution in [0.25, 0.3) is 0 Å². The van der Waals surface area contributed by atoms with Crippen LogP contribution in [0.1, 0.15) is 23.7 Å². The van der Waals surface area contributed by atoms with E-state index in [-0.39, 0.29) is 12.7 Å². The van der Waals surface area contributed by atoms with Crippen LogP contribution in [0.3, 0.4) is 0 Å². The predicted molar refractivity (Wildman–Crippen MR) is 77.0 cm³/mol. The van der Waals surface area contributed by atoms with Crippen LogP contribution in [-0.4, -0.2) is 18.3 Å². The average Bonchev–Trinajstić information content (AvgIpc) is 2.49. The van der Waals surface area contributed by atoms with Gasteiger partial charge in [-0.2, -0.15) is 0 Å². The van der Waals surface area contributed by atoms with Gasteiger partial charge >= 0.3 is 0 Å². The van der Waals surface area contributed by atoms with Gasteiger partial charge in [-0.15, -0.1) is 0 Å². The molecule has 2 rings (SSSR count). The van der Waals surface area contributed by atoms with E-state index in [4.69, 9.17) is 4.74 Å². The molecule has 2 heteroatoms. The molecule has 0 fully saturated rings. The maximum atomic E-state index is 9.37. The van der Waals surface area contributed by atoms with Gasteiger partial charge in [-0.3, -0.25) is 0 Å². The fourth-order valence-electron chi connectivity index (χ4n) is 2.07. The van der Waals surface area contributed by atoms with Gasteiger partial charge in [0.2, 0.25) is 0 Å². The highest BCUT2D eigenvalue weighted by Gasteiger charge is 2.09. The lowest BCUT2D eigenvalue weighted by atomic mass is 10.1. The molecule has 100 valence electrons. The number of hydrogen-bond donors (Lipinski definition) is 1. The van der Waals surface area contributed by atoms with E-state index in [1.165, 1.54) is 5.56 Å². The topological polar surface area (TPSA) is 29.5 Å². The first-order valence-corrected chi connectivity index (χ1v) is 6.71. The molecule has 0 amide bonds. The highest BCUT2D eigenvalue weighted by atomic mass is 16.5. The van der Waals surface area contributed by atoms with Crippen molar-refractivity contribution >= 4 is 0 Å². The van der Waals surface area contributed by atoms with Gasteiger partial charge in [-0.05, 0) is 24.0 Å². The first-order chi connectivity index (χ1) is 9.40. The molecule has 0 spiro atoms. The van der Waals surface area contributed by atoms with Crippen LogP contribution in [0.2, 0.25) is 0 Å².